The first-order valence-corrected chi connectivity index (χ1v) is 8.03. The summed E-state index contributed by atoms with van der Waals surface area (Å²) in [7, 11) is 2.96. The molecule has 0 aliphatic heterocycles. The van der Waals surface area contributed by atoms with Crippen molar-refractivity contribution in [1.29, 1.82) is 0 Å². The third kappa shape index (κ3) is 5.88. The number of rotatable bonds is 11. The monoisotopic (exact) mass is 367 g/mol. The third-order valence-electron chi connectivity index (χ3n) is 3.92. The van der Waals surface area contributed by atoms with Gasteiger partial charge in [0.15, 0.2) is 5.78 Å². The van der Waals surface area contributed by atoms with Crippen molar-refractivity contribution >= 4 is 23.1 Å². The number of hydrogen-bond donors (Lipinski definition) is 1. The standard InChI is InChI=1S/C16H21N3O7/c1-17-13(16(21)26-2)6-4-3-5-7-15(20)12-9-8-11(18(22)23)10-14(12)19(24)25/h8-10,13,17H,3-7H2,1-2H3. The molecule has 0 bridgehead atoms. The molecule has 1 N–H and O–H groups in total. The summed E-state index contributed by atoms with van der Waals surface area (Å²) in [6.07, 6.45) is 2.46. The summed E-state index contributed by atoms with van der Waals surface area (Å²) in [6, 6.07) is 2.58. The number of likely N-dealkylation sites (N-methyl/N-ethyl adjacent to an activating group) is 1. The summed E-state index contributed by atoms with van der Waals surface area (Å²) in [5.41, 5.74) is -1.14. The average molecular weight is 367 g/mol. The Hall–Kier alpha value is -2.88. The van der Waals surface area contributed by atoms with E-state index in [1.165, 1.54) is 7.11 Å². The second-order valence-corrected chi connectivity index (χ2v) is 5.60. The lowest BCUT2D eigenvalue weighted by Crippen LogP contribution is -2.34. The maximum atomic E-state index is 12.2. The fraction of sp³-hybridized carbons (Fsp3) is 0.500. The number of carbonyl (C=O) groups is 2. The van der Waals surface area contributed by atoms with E-state index in [0.717, 1.165) is 18.2 Å². The normalized spacial score (nSPS) is 11.6. The largest absolute Gasteiger partial charge is 0.468 e. The molecule has 1 unspecified atom stereocenters. The van der Waals surface area contributed by atoms with Crippen molar-refractivity contribution in [2.45, 2.75) is 38.1 Å². The average Bonchev–Trinajstić information content (AvgIpc) is 2.63. The molecule has 10 heteroatoms. The van der Waals surface area contributed by atoms with Crippen LogP contribution in [-0.4, -0.2) is 41.8 Å². The second kappa shape index (κ2) is 10.2. The highest BCUT2D eigenvalue weighted by Gasteiger charge is 2.23. The number of nitrogens with zero attached hydrogens (tertiary/aromatic N) is 2. The number of unbranched alkanes of at least 4 members (excludes halogenated alkanes) is 2. The zero-order chi connectivity index (χ0) is 19.7. The second-order valence-electron chi connectivity index (χ2n) is 5.60. The van der Waals surface area contributed by atoms with Crippen LogP contribution in [0.3, 0.4) is 0 Å². The predicted molar refractivity (Wildman–Crippen MR) is 92.0 cm³/mol. The van der Waals surface area contributed by atoms with Crippen LogP contribution in [0.5, 0.6) is 0 Å². The van der Waals surface area contributed by atoms with E-state index in [2.05, 4.69) is 10.1 Å². The number of ketones is 1. The number of esters is 1. The molecule has 26 heavy (non-hydrogen) atoms. The van der Waals surface area contributed by atoms with Crippen LogP contribution in [0.2, 0.25) is 0 Å². The maximum absolute atomic E-state index is 12.2. The molecular weight excluding hydrogens is 346 g/mol. The number of methoxy groups -OCH3 is 1. The SMILES string of the molecule is CNC(CCCCCC(=O)c1ccc([N+](=O)[O-])cc1[N+](=O)[O-])C(=O)OC. The number of ether oxygens (including phenoxy) is 1. The number of carbonyl (C=O) groups excluding carboxylic acids is 2. The summed E-state index contributed by atoms with van der Waals surface area (Å²) in [4.78, 5) is 43.8. The molecule has 0 radical (unpaired) electrons. The van der Waals surface area contributed by atoms with E-state index >= 15 is 0 Å². The number of nitrogens with one attached hydrogen (secondary N) is 1. The van der Waals surface area contributed by atoms with Crippen molar-refractivity contribution in [1.82, 2.24) is 5.32 Å². The van der Waals surface area contributed by atoms with E-state index in [4.69, 9.17) is 0 Å². The Kier molecular flexibility index (Phi) is 8.29. The van der Waals surface area contributed by atoms with Crippen LogP contribution in [0.15, 0.2) is 18.2 Å². The summed E-state index contributed by atoms with van der Waals surface area (Å²) in [5.74, 6) is -0.796. The number of hydrogen-bond acceptors (Lipinski definition) is 8. The third-order valence-corrected chi connectivity index (χ3v) is 3.92. The van der Waals surface area contributed by atoms with E-state index in [1.807, 2.05) is 0 Å². The topological polar surface area (TPSA) is 142 Å². The minimum absolute atomic E-state index is 0.0844. The van der Waals surface area contributed by atoms with Crippen molar-refractivity contribution < 1.29 is 24.2 Å². The molecule has 1 rings (SSSR count). The lowest BCUT2D eigenvalue weighted by Gasteiger charge is -2.12. The summed E-state index contributed by atoms with van der Waals surface area (Å²) in [5, 5.41) is 24.6. The summed E-state index contributed by atoms with van der Waals surface area (Å²) < 4.78 is 4.65. The van der Waals surface area contributed by atoms with E-state index in [-0.39, 0.29) is 18.0 Å². The first-order chi connectivity index (χ1) is 12.3. The number of non-ortho nitro benzene ring substituents is 1. The molecule has 0 fully saturated rings. The van der Waals surface area contributed by atoms with Gasteiger partial charge in [0, 0.05) is 12.5 Å². The lowest BCUT2D eigenvalue weighted by molar-refractivity contribution is -0.394. The minimum atomic E-state index is -0.798. The van der Waals surface area contributed by atoms with Crippen molar-refractivity contribution in [2.75, 3.05) is 14.2 Å². The Morgan fingerprint density at radius 3 is 2.38 bits per heavy atom. The highest BCUT2D eigenvalue weighted by atomic mass is 16.6. The number of nitro benzene ring substituents is 2. The zero-order valence-electron chi connectivity index (χ0n) is 14.6. The molecule has 0 heterocycles. The van der Waals surface area contributed by atoms with Crippen LogP contribution in [0.4, 0.5) is 11.4 Å². The predicted octanol–water partition coefficient (Wildman–Crippen LogP) is 2.40. The molecule has 1 atom stereocenters. The Bertz CT molecular complexity index is 690. The fourth-order valence-corrected chi connectivity index (χ4v) is 2.49. The fourth-order valence-electron chi connectivity index (χ4n) is 2.49. The molecule has 0 aliphatic carbocycles. The quantitative estimate of drug-likeness (QED) is 0.206. The van der Waals surface area contributed by atoms with Crippen molar-refractivity contribution in [3.8, 4) is 0 Å². The Balaban J connectivity index is 2.59. The zero-order valence-corrected chi connectivity index (χ0v) is 14.6. The minimum Gasteiger partial charge on any atom is -0.468 e. The van der Waals surface area contributed by atoms with Gasteiger partial charge >= 0.3 is 5.97 Å². The van der Waals surface area contributed by atoms with Crippen LogP contribution in [0.1, 0.15) is 42.5 Å². The van der Waals surface area contributed by atoms with Gasteiger partial charge in [-0.2, -0.15) is 0 Å². The van der Waals surface area contributed by atoms with Gasteiger partial charge < -0.3 is 10.1 Å². The maximum Gasteiger partial charge on any atom is 0.322 e. The van der Waals surface area contributed by atoms with Crippen molar-refractivity contribution in [2.24, 2.45) is 0 Å². The van der Waals surface area contributed by atoms with Crippen molar-refractivity contribution in [3.05, 3.63) is 44.0 Å². The molecule has 0 aliphatic rings. The van der Waals surface area contributed by atoms with Crippen molar-refractivity contribution in [3.63, 3.8) is 0 Å². The van der Waals surface area contributed by atoms with Crippen LogP contribution < -0.4 is 5.32 Å². The molecular formula is C16H21N3O7. The molecule has 10 nitrogen and oxygen atoms in total. The van der Waals surface area contributed by atoms with Gasteiger partial charge in [0.1, 0.15) is 6.04 Å². The highest BCUT2D eigenvalue weighted by molar-refractivity contribution is 6.00. The van der Waals surface area contributed by atoms with Gasteiger partial charge in [-0.1, -0.05) is 12.8 Å². The van der Waals surface area contributed by atoms with Gasteiger partial charge in [0.05, 0.1) is 28.6 Å². The first kappa shape index (κ1) is 21.2. The van der Waals surface area contributed by atoms with Crippen LogP contribution in [0, 0.1) is 20.2 Å². The molecule has 0 saturated heterocycles. The summed E-state index contributed by atoms with van der Waals surface area (Å²) in [6.45, 7) is 0. The van der Waals surface area contributed by atoms with Gasteiger partial charge in [0.2, 0.25) is 0 Å². The Labute approximate surface area is 149 Å². The number of nitro groups is 2. The van der Waals surface area contributed by atoms with Crippen LogP contribution >= 0.6 is 0 Å². The van der Waals surface area contributed by atoms with Gasteiger partial charge in [-0.25, -0.2) is 0 Å². The van der Waals surface area contributed by atoms with E-state index < -0.39 is 33.0 Å². The molecule has 1 aromatic rings. The van der Waals surface area contributed by atoms with Gasteiger partial charge in [-0.15, -0.1) is 0 Å². The Morgan fingerprint density at radius 1 is 1.15 bits per heavy atom. The van der Waals surface area contributed by atoms with Gasteiger partial charge in [0.25, 0.3) is 11.4 Å². The first-order valence-electron chi connectivity index (χ1n) is 8.03. The molecule has 1 aromatic carbocycles. The molecule has 0 spiro atoms. The Morgan fingerprint density at radius 2 is 1.85 bits per heavy atom. The highest BCUT2D eigenvalue weighted by Crippen LogP contribution is 2.26. The molecule has 0 saturated carbocycles. The van der Waals surface area contributed by atoms with E-state index in [1.54, 1.807) is 7.05 Å². The molecule has 0 amide bonds. The van der Waals surface area contributed by atoms with E-state index in [9.17, 15) is 29.8 Å². The van der Waals surface area contributed by atoms with Crippen LogP contribution in [0.25, 0.3) is 0 Å². The summed E-state index contributed by atoms with van der Waals surface area (Å²) >= 11 is 0. The lowest BCUT2D eigenvalue weighted by atomic mass is 10.0. The molecule has 0 aromatic heterocycles. The van der Waals surface area contributed by atoms with Gasteiger partial charge in [-0.05, 0) is 26.0 Å². The number of Topliss-reactive ketones (excluding diaryl/α,β-unsaturated/α-hetero) is 1. The van der Waals surface area contributed by atoms with Crippen LogP contribution in [-0.2, 0) is 9.53 Å². The smallest absolute Gasteiger partial charge is 0.322 e. The van der Waals surface area contributed by atoms with Gasteiger partial charge in [-0.3, -0.25) is 29.8 Å². The van der Waals surface area contributed by atoms with E-state index in [0.29, 0.717) is 25.7 Å². The number of benzene rings is 1. The molecule has 142 valence electrons.